The molecule has 2 aromatic carbocycles. The number of rotatable bonds is 5. The molecular formula is C17H19BrClNO. The third-order valence-electron chi connectivity index (χ3n) is 3.04. The van der Waals surface area contributed by atoms with Crippen LogP contribution in [0.4, 0.5) is 0 Å². The Morgan fingerprint density at radius 3 is 2.57 bits per heavy atom. The molecule has 4 heteroatoms. The van der Waals surface area contributed by atoms with Gasteiger partial charge in [0.2, 0.25) is 0 Å². The third kappa shape index (κ3) is 4.73. The maximum absolute atomic E-state index is 6.10. The van der Waals surface area contributed by atoms with E-state index in [2.05, 4.69) is 35.1 Å². The molecule has 112 valence electrons. The van der Waals surface area contributed by atoms with Crippen LogP contribution in [0.25, 0.3) is 0 Å². The number of halogens is 2. The molecule has 0 aliphatic carbocycles. The van der Waals surface area contributed by atoms with Crippen LogP contribution in [-0.2, 0) is 6.54 Å². The van der Waals surface area contributed by atoms with Crippen molar-refractivity contribution in [1.82, 2.24) is 5.32 Å². The summed E-state index contributed by atoms with van der Waals surface area (Å²) >= 11 is 9.63. The molecule has 0 aromatic heterocycles. The number of hydrogen-bond acceptors (Lipinski definition) is 2. The molecule has 0 bridgehead atoms. The zero-order chi connectivity index (χ0) is 15.4. The highest BCUT2D eigenvalue weighted by molar-refractivity contribution is 9.10. The number of benzene rings is 2. The Morgan fingerprint density at radius 1 is 1.14 bits per heavy atom. The molecule has 0 aliphatic rings. The van der Waals surface area contributed by atoms with Crippen molar-refractivity contribution in [3.8, 4) is 11.5 Å². The number of aryl methyl sites for hydroxylation is 1. The predicted molar refractivity (Wildman–Crippen MR) is 92.4 cm³/mol. The van der Waals surface area contributed by atoms with Crippen molar-refractivity contribution in [3.05, 3.63) is 57.0 Å². The van der Waals surface area contributed by atoms with E-state index < -0.39 is 0 Å². The highest BCUT2D eigenvalue weighted by Crippen LogP contribution is 2.33. The van der Waals surface area contributed by atoms with Crippen LogP contribution < -0.4 is 10.1 Å². The van der Waals surface area contributed by atoms with E-state index in [0.29, 0.717) is 11.1 Å². The van der Waals surface area contributed by atoms with Gasteiger partial charge in [0.05, 0.1) is 4.47 Å². The second-order valence-electron chi connectivity index (χ2n) is 5.32. The van der Waals surface area contributed by atoms with Gasteiger partial charge in [0, 0.05) is 23.2 Å². The molecule has 0 radical (unpaired) electrons. The third-order valence-corrected chi connectivity index (χ3v) is 3.89. The molecule has 0 atom stereocenters. The summed E-state index contributed by atoms with van der Waals surface area (Å²) in [6, 6.07) is 12.2. The second-order valence-corrected chi connectivity index (χ2v) is 6.61. The van der Waals surface area contributed by atoms with Gasteiger partial charge in [-0.1, -0.05) is 37.6 Å². The molecule has 2 aromatic rings. The van der Waals surface area contributed by atoms with Gasteiger partial charge in [0.1, 0.15) is 11.5 Å². The first-order chi connectivity index (χ1) is 9.95. The molecule has 21 heavy (non-hydrogen) atoms. The zero-order valence-corrected chi connectivity index (χ0v) is 14.8. The lowest BCUT2D eigenvalue weighted by Crippen LogP contribution is -2.22. The van der Waals surface area contributed by atoms with Gasteiger partial charge < -0.3 is 10.1 Å². The van der Waals surface area contributed by atoms with Crippen molar-refractivity contribution < 1.29 is 4.74 Å². The summed E-state index contributed by atoms with van der Waals surface area (Å²) in [5.74, 6) is 1.56. The Hall–Kier alpha value is -1.03. The predicted octanol–water partition coefficient (Wildman–Crippen LogP) is 5.70. The average Bonchev–Trinajstić information content (AvgIpc) is 2.41. The summed E-state index contributed by atoms with van der Waals surface area (Å²) < 4.78 is 6.97. The summed E-state index contributed by atoms with van der Waals surface area (Å²) in [6.45, 7) is 7.03. The van der Waals surface area contributed by atoms with E-state index in [4.69, 9.17) is 16.3 Å². The van der Waals surface area contributed by atoms with Crippen LogP contribution in [0.2, 0.25) is 5.02 Å². The van der Waals surface area contributed by atoms with Gasteiger partial charge in [0.25, 0.3) is 0 Å². The molecule has 0 heterocycles. The molecule has 0 fully saturated rings. The molecule has 0 saturated carbocycles. The molecule has 0 aliphatic heterocycles. The maximum Gasteiger partial charge on any atom is 0.141 e. The summed E-state index contributed by atoms with van der Waals surface area (Å²) in [7, 11) is 0. The van der Waals surface area contributed by atoms with Crippen LogP contribution in [0.3, 0.4) is 0 Å². The lowest BCUT2D eigenvalue weighted by Gasteiger charge is -2.15. The second kappa shape index (κ2) is 7.30. The van der Waals surface area contributed by atoms with E-state index in [1.807, 2.05) is 43.3 Å². The first kappa shape index (κ1) is 16.3. The van der Waals surface area contributed by atoms with Gasteiger partial charge in [-0.3, -0.25) is 0 Å². The largest absolute Gasteiger partial charge is 0.456 e. The highest BCUT2D eigenvalue weighted by Gasteiger charge is 2.09. The summed E-state index contributed by atoms with van der Waals surface area (Å²) in [4.78, 5) is 0. The smallest absolute Gasteiger partial charge is 0.141 e. The Labute approximate surface area is 139 Å². The molecule has 0 unspecified atom stereocenters. The van der Waals surface area contributed by atoms with Gasteiger partial charge in [0.15, 0.2) is 0 Å². The number of hydrogen-bond donors (Lipinski definition) is 1. The molecule has 2 rings (SSSR count). The molecular weight excluding hydrogens is 350 g/mol. The van der Waals surface area contributed by atoms with Gasteiger partial charge >= 0.3 is 0 Å². The standard InChI is InChI=1S/C17H19BrClNO/c1-11(2)20-10-13-5-6-14(19)9-17(13)21-16-7-4-12(3)8-15(16)18/h4-9,11,20H,10H2,1-3H3. The van der Waals surface area contributed by atoms with Gasteiger partial charge in [-0.15, -0.1) is 0 Å². The van der Waals surface area contributed by atoms with Crippen LogP contribution in [0.15, 0.2) is 40.9 Å². The van der Waals surface area contributed by atoms with E-state index >= 15 is 0 Å². The number of ether oxygens (including phenoxy) is 1. The van der Waals surface area contributed by atoms with Crippen LogP contribution >= 0.6 is 27.5 Å². The summed E-state index contributed by atoms with van der Waals surface area (Å²) in [5.41, 5.74) is 2.27. The van der Waals surface area contributed by atoms with Crippen LogP contribution in [0.1, 0.15) is 25.0 Å². The van der Waals surface area contributed by atoms with Crippen molar-refractivity contribution in [3.63, 3.8) is 0 Å². The normalized spacial score (nSPS) is 11.0. The minimum atomic E-state index is 0.416. The minimum absolute atomic E-state index is 0.416. The van der Waals surface area contributed by atoms with Gasteiger partial charge in [-0.2, -0.15) is 0 Å². The Morgan fingerprint density at radius 2 is 1.90 bits per heavy atom. The Bertz CT molecular complexity index is 628. The van der Waals surface area contributed by atoms with E-state index in [0.717, 1.165) is 28.1 Å². The van der Waals surface area contributed by atoms with Crippen molar-refractivity contribution in [2.75, 3.05) is 0 Å². The molecule has 0 amide bonds. The van der Waals surface area contributed by atoms with Gasteiger partial charge in [-0.25, -0.2) is 0 Å². The fourth-order valence-corrected chi connectivity index (χ4v) is 2.63. The fraction of sp³-hybridized carbons (Fsp3) is 0.294. The fourth-order valence-electron chi connectivity index (χ4n) is 1.89. The lowest BCUT2D eigenvalue weighted by molar-refractivity contribution is 0.466. The van der Waals surface area contributed by atoms with E-state index in [-0.39, 0.29) is 0 Å². The summed E-state index contributed by atoms with van der Waals surface area (Å²) in [5, 5.41) is 4.06. The topological polar surface area (TPSA) is 21.3 Å². The molecule has 2 nitrogen and oxygen atoms in total. The van der Waals surface area contributed by atoms with Crippen LogP contribution in [0.5, 0.6) is 11.5 Å². The quantitative estimate of drug-likeness (QED) is 0.730. The van der Waals surface area contributed by atoms with Gasteiger partial charge in [-0.05, 0) is 52.7 Å². The minimum Gasteiger partial charge on any atom is -0.456 e. The van der Waals surface area contributed by atoms with Crippen LogP contribution in [-0.4, -0.2) is 6.04 Å². The zero-order valence-electron chi connectivity index (χ0n) is 12.4. The molecule has 0 spiro atoms. The first-order valence-electron chi connectivity index (χ1n) is 6.91. The van der Waals surface area contributed by atoms with Crippen molar-refractivity contribution in [2.24, 2.45) is 0 Å². The molecule has 1 N–H and O–H groups in total. The van der Waals surface area contributed by atoms with Crippen LogP contribution in [0, 0.1) is 6.92 Å². The maximum atomic E-state index is 6.10. The highest BCUT2D eigenvalue weighted by atomic mass is 79.9. The number of nitrogens with one attached hydrogen (secondary N) is 1. The van der Waals surface area contributed by atoms with E-state index in [1.165, 1.54) is 5.56 Å². The lowest BCUT2D eigenvalue weighted by atomic mass is 10.2. The SMILES string of the molecule is Cc1ccc(Oc2cc(Cl)ccc2CNC(C)C)c(Br)c1. The van der Waals surface area contributed by atoms with Crippen molar-refractivity contribution in [2.45, 2.75) is 33.4 Å². The monoisotopic (exact) mass is 367 g/mol. The van der Waals surface area contributed by atoms with Crippen molar-refractivity contribution in [1.29, 1.82) is 0 Å². The van der Waals surface area contributed by atoms with E-state index in [1.54, 1.807) is 0 Å². The van der Waals surface area contributed by atoms with Crippen molar-refractivity contribution >= 4 is 27.5 Å². The molecule has 0 saturated heterocycles. The van der Waals surface area contributed by atoms with E-state index in [9.17, 15) is 0 Å². The Balaban J connectivity index is 2.27. The summed E-state index contributed by atoms with van der Waals surface area (Å²) in [6.07, 6.45) is 0. The first-order valence-corrected chi connectivity index (χ1v) is 8.08. The average molecular weight is 369 g/mol. The Kier molecular flexibility index (Phi) is 5.68.